The summed E-state index contributed by atoms with van der Waals surface area (Å²) >= 11 is 0. The van der Waals surface area contributed by atoms with E-state index in [1.165, 1.54) is 25.6 Å². The molecule has 1 fully saturated rings. The molecule has 0 spiro atoms. The lowest BCUT2D eigenvalue weighted by atomic mass is 9.99. The smallest absolute Gasteiger partial charge is 0.258 e. The van der Waals surface area contributed by atoms with Crippen molar-refractivity contribution in [2.24, 2.45) is 0 Å². The molecule has 3 aliphatic rings. The number of halogens is 1. The number of nitrogens with zero attached hydrogens (tertiary/aromatic N) is 4. The highest BCUT2D eigenvalue weighted by molar-refractivity contribution is 5.97. The largest absolute Gasteiger partial charge is 0.496 e. The lowest BCUT2D eigenvalue weighted by Crippen LogP contribution is -2.58. The predicted octanol–water partition coefficient (Wildman–Crippen LogP) is 3.64. The molecular formula is C35H31FN6O6. The third kappa shape index (κ3) is 6.34. The van der Waals surface area contributed by atoms with E-state index in [1.54, 1.807) is 76.3 Å². The van der Waals surface area contributed by atoms with Crippen LogP contribution in [0.4, 0.5) is 4.39 Å². The SMILES string of the molecule is COc1cc2ccc1CNC(=O)COc1cccc(c1)-c1ccc(F)c(c1)C(=O)N[C@@H]1CN(C(=O)c3ccn4ncnc4c3)CC[C@@H]1O2. The number of fused-ring (bicyclic) bond motifs is 8. The van der Waals surface area contributed by atoms with E-state index in [4.69, 9.17) is 14.2 Å². The average Bonchev–Trinajstić information content (AvgIpc) is 3.58. The lowest BCUT2D eigenvalue weighted by Gasteiger charge is -2.39. The fraction of sp³-hybridized carbons (Fsp3) is 0.229. The topological polar surface area (TPSA) is 136 Å². The first kappa shape index (κ1) is 30.7. The molecule has 13 heteroatoms. The number of likely N-dealkylation sites (tertiary alicyclic amines) is 1. The van der Waals surface area contributed by atoms with E-state index in [9.17, 15) is 14.4 Å². The van der Waals surface area contributed by atoms with Gasteiger partial charge in [0.15, 0.2) is 12.3 Å². The number of methoxy groups -OCH3 is 1. The average molecular weight is 651 g/mol. The first-order valence-corrected chi connectivity index (χ1v) is 15.4. The van der Waals surface area contributed by atoms with Gasteiger partial charge in [0, 0.05) is 49.4 Å². The predicted molar refractivity (Wildman–Crippen MR) is 171 cm³/mol. The van der Waals surface area contributed by atoms with E-state index in [0.717, 1.165) is 5.56 Å². The summed E-state index contributed by atoms with van der Waals surface area (Å²) < 4.78 is 34.5. The van der Waals surface area contributed by atoms with Crippen molar-refractivity contribution in [2.45, 2.75) is 25.1 Å². The Morgan fingerprint density at radius 1 is 1.02 bits per heavy atom. The number of rotatable bonds is 2. The third-order valence-electron chi connectivity index (χ3n) is 8.45. The molecular weight excluding hydrogens is 619 g/mol. The summed E-state index contributed by atoms with van der Waals surface area (Å²) in [7, 11) is 1.52. The summed E-state index contributed by atoms with van der Waals surface area (Å²) in [5.41, 5.74) is 2.75. The zero-order valence-electron chi connectivity index (χ0n) is 25.9. The number of hydrogen-bond donors (Lipinski definition) is 2. The number of ether oxygens (including phenoxy) is 3. The number of aromatic nitrogens is 3. The highest BCUT2D eigenvalue weighted by Crippen LogP contribution is 2.29. The second kappa shape index (κ2) is 13.0. The zero-order chi connectivity index (χ0) is 33.2. The van der Waals surface area contributed by atoms with E-state index >= 15 is 4.39 Å². The summed E-state index contributed by atoms with van der Waals surface area (Å²) in [6, 6.07) is 19.1. The second-order valence-electron chi connectivity index (χ2n) is 11.5. The van der Waals surface area contributed by atoms with Crippen LogP contribution < -0.4 is 24.8 Å². The van der Waals surface area contributed by atoms with Crippen LogP contribution in [0.15, 0.2) is 85.3 Å². The normalized spacial score (nSPS) is 18.2. The molecule has 0 aliphatic carbocycles. The van der Waals surface area contributed by atoms with Gasteiger partial charge in [-0.3, -0.25) is 14.4 Å². The summed E-state index contributed by atoms with van der Waals surface area (Å²) in [6.07, 6.45) is 2.87. The Labute approximate surface area is 274 Å². The highest BCUT2D eigenvalue weighted by Gasteiger charge is 2.35. The number of benzene rings is 3. The van der Waals surface area contributed by atoms with Gasteiger partial charge < -0.3 is 29.7 Å². The van der Waals surface area contributed by atoms with Gasteiger partial charge in [-0.15, -0.1) is 0 Å². The lowest BCUT2D eigenvalue weighted by molar-refractivity contribution is -0.123. The van der Waals surface area contributed by atoms with E-state index in [2.05, 4.69) is 20.7 Å². The van der Waals surface area contributed by atoms with Gasteiger partial charge in [0.05, 0.1) is 18.7 Å². The minimum absolute atomic E-state index is 0.106. The maximum Gasteiger partial charge on any atom is 0.258 e. The van der Waals surface area contributed by atoms with Crippen LogP contribution in [0.5, 0.6) is 17.2 Å². The van der Waals surface area contributed by atoms with Gasteiger partial charge in [-0.25, -0.2) is 13.9 Å². The van der Waals surface area contributed by atoms with Gasteiger partial charge in [0.25, 0.3) is 17.7 Å². The summed E-state index contributed by atoms with van der Waals surface area (Å²) in [6.45, 7) is 0.429. The highest BCUT2D eigenvalue weighted by atomic mass is 19.1. The van der Waals surface area contributed by atoms with E-state index in [1.807, 2.05) is 0 Å². The number of carbonyl (C=O) groups excluding carboxylic acids is 3. The van der Waals surface area contributed by atoms with Crippen LogP contribution in [-0.2, 0) is 11.3 Å². The van der Waals surface area contributed by atoms with Crippen LogP contribution in [-0.4, -0.2) is 76.2 Å². The molecule has 0 radical (unpaired) electrons. The van der Waals surface area contributed by atoms with E-state index < -0.39 is 23.9 Å². The maximum atomic E-state index is 15.2. The molecule has 6 bridgehead atoms. The van der Waals surface area contributed by atoms with Crippen molar-refractivity contribution in [2.75, 3.05) is 26.8 Å². The van der Waals surface area contributed by atoms with Crippen LogP contribution >= 0.6 is 0 Å². The van der Waals surface area contributed by atoms with Crippen molar-refractivity contribution in [3.05, 3.63) is 108 Å². The Bertz CT molecular complexity index is 2030. The first-order chi connectivity index (χ1) is 23.3. The molecule has 2 atom stereocenters. The van der Waals surface area contributed by atoms with Crippen LogP contribution in [0.3, 0.4) is 0 Å². The van der Waals surface area contributed by atoms with Crippen LogP contribution in [0, 0.1) is 5.82 Å². The van der Waals surface area contributed by atoms with Crippen molar-refractivity contribution in [3.63, 3.8) is 0 Å². The first-order valence-electron chi connectivity index (χ1n) is 15.4. The third-order valence-corrected chi connectivity index (χ3v) is 8.45. The number of carbonyl (C=O) groups is 3. The monoisotopic (exact) mass is 650 g/mol. The van der Waals surface area contributed by atoms with Crippen molar-refractivity contribution in [3.8, 4) is 28.4 Å². The molecule has 5 heterocycles. The number of amides is 3. The standard InChI is InChI=1S/C35H31FN6O6/c1-46-31-16-26-7-5-24(31)17-37-33(43)19-47-25-4-2-3-21(13-25)22-6-8-28(36)27(14-22)34(44)40-29-18-41(11-10-30(29)48-26)35(45)23-9-12-42-32(15-23)38-20-39-42/h2-9,12-16,20,29-30H,10-11,17-19H2,1H3,(H,37,43)(H,40,44)/t29-,30+/m1/s1. The molecule has 2 aromatic heterocycles. The molecule has 3 aliphatic heterocycles. The minimum atomic E-state index is -0.706. The van der Waals surface area contributed by atoms with Crippen LogP contribution in [0.25, 0.3) is 16.8 Å². The Balaban J connectivity index is 1.23. The molecule has 0 unspecified atom stereocenters. The second-order valence-corrected chi connectivity index (χ2v) is 11.5. The molecule has 1 saturated heterocycles. The Kier molecular flexibility index (Phi) is 8.32. The quantitative estimate of drug-likeness (QED) is 0.296. The fourth-order valence-electron chi connectivity index (χ4n) is 5.93. The molecule has 8 rings (SSSR count). The zero-order valence-corrected chi connectivity index (χ0v) is 25.9. The summed E-state index contributed by atoms with van der Waals surface area (Å²) in [4.78, 5) is 45.8. The molecule has 12 nitrogen and oxygen atoms in total. The van der Waals surface area contributed by atoms with Gasteiger partial charge in [0.1, 0.15) is 35.5 Å². The molecule has 2 N–H and O–H groups in total. The molecule has 48 heavy (non-hydrogen) atoms. The summed E-state index contributed by atoms with van der Waals surface area (Å²) in [5, 5.41) is 9.88. The summed E-state index contributed by atoms with van der Waals surface area (Å²) in [5.74, 6) is -0.542. The number of hydrogen-bond acceptors (Lipinski definition) is 8. The number of nitrogens with one attached hydrogen (secondary N) is 2. The van der Waals surface area contributed by atoms with Gasteiger partial charge in [-0.1, -0.05) is 18.2 Å². The van der Waals surface area contributed by atoms with Gasteiger partial charge in [-0.2, -0.15) is 5.10 Å². The van der Waals surface area contributed by atoms with Crippen molar-refractivity contribution < 1.29 is 33.0 Å². The van der Waals surface area contributed by atoms with Gasteiger partial charge >= 0.3 is 0 Å². The fourth-order valence-corrected chi connectivity index (χ4v) is 5.93. The molecule has 5 aromatic rings. The Hall–Kier alpha value is -5.98. The Morgan fingerprint density at radius 3 is 2.77 bits per heavy atom. The van der Waals surface area contributed by atoms with Crippen molar-refractivity contribution in [1.82, 2.24) is 30.1 Å². The maximum absolute atomic E-state index is 15.2. The molecule has 244 valence electrons. The number of piperidine rings is 1. The molecule has 0 saturated carbocycles. The van der Waals surface area contributed by atoms with E-state index in [-0.39, 0.29) is 37.1 Å². The van der Waals surface area contributed by atoms with Crippen molar-refractivity contribution in [1.29, 1.82) is 0 Å². The van der Waals surface area contributed by atoms with E-state index in [0.29, 0.717) is 52.6 Å². The van der Waals surface area contributed by atoms with Gasteiger partial charge in [0.2, 0.25) is 0 Å². The van der Waals surface area contributed by atoms with Crippen LogP contribution in [0.1, 0.15) is 32.7 Å². The van der Waals surface area contributed by atoms with Gasteiger partial charge in [-0.05, 0) is 59.7 Å². The molecule has 3 amide bonds. The minimum Gasteiger partial charge on any atom is -0.496 e. The van der Waals surface area contributed by atoms with Crippen LogP contribution in [0.2, 0.25) is 0 Å². The Morgan fingerprint density at radius 2 is 1.90 bits per heavy atom. The molecule has 3 aromatic carbocycles. The van der Waals surface area contributed by atoms with Crippen molar-refractivity contribution >= 4 is 23.4 Å². The number of pyridine rings is 1.